The molecule has 1 amide bonds. The van der Waals surface area contributed by atoms with Crippen molar-refractivity contribution in [3.05, 3.63) is 66.6 Å². The van der Waals surface area contributed by atoms with Gasteiger partial charge in [0.2, 0.25) is 5.91 Å². The van der Waals surface area contributed by atoms with Gasteiger partial charge in [-0.3, -0.25) is 9.48 Å². The van der Waals surface area contributed by atoms with Crippen molar-refractivity contribution < 1.29 is 9.18 Å². The Labute approximate surface area is 176 Å². The van der Waals surface area contributed by atoms with E-state index in [4.69, 9.17) is 0 Å². The largest absolute Gasteiger partial charge is 0.325 e. The SMILES string of the molecule is Cn1cc(-c2nnc(SCC(=O)Nc3cccc(F)c3)n2C)c(-c2ccccc2)n1. The highest BCUT2D eigenvalue weighted by Gasteiger charge is 2.19. The summed E-state index contributed by atoms with van der Waals surface area (Å²) < 4.78 is 16.8. The van der Waals surface area contributed by atoms with Gasteiger partial charge in [-0.25, -0.2) is 4.39 Å². The Morgan fingerprint density at radius 2 is 1.90 bits per heavy atom. The second-order valence-electron chi connectivity index (χ2n) is 6.64. The van der Waals surface area contributed by atoms with Gasteiger partial charge >= 0.3 is 0 Å². The van der Waals surface area contributed by atoms with Crippen molar-refractivity contribution in [2.24, 2.45) is 14.1 Å². The van der Waals surface area contributed by atoms with Gasteiger partial charge in [-0.15, -0.1) is 10.2 Å². The Bertz CT molecular complexity index is 1190. The summed E-state index contributed by atoms with van der Waals surface area (Å²) in [6.45, 7) is 0. The molecule has 0 aliphatic heterocycles. The van der Waals surface area contributed by atoms with E-state index in [1.807, 2.05) is 55.2 Å². The molecular formula is C21H19FN6OS. The Morgan fingerprint density at radius 1 is 1.10 bits per heavy atom. The van der Waals surface area contributed by atoms with Crippen LogP contribution in [0.3, 0.4) is 0 Å². The van der Waals surface area contributed by atoms with E-state index in [0.29, 0.717) is 16.7 Å². The van der Waals surface area contributed by atoms with Crippen molar-refractivity contribution in [2.45, 2.75) is 5.16 Å². The molecule has 0 unspecified atom stereocenters. The van der Waals surface area contributed by atoms with Crippen LogP contribution in [0.2, 0.25) is 0 Å². The zero-order valence-electron chi connectivity index (χ0n) is 16.4. The van der Waals surface area contributed by atoms with E-state index in [9.17, 15) is 9.18 Å². The summed E-state index contributed by atoms with van der Waals surface area (Å²) in [6, 6.07) is 15.7. The molecule has 1 N–H and O–H groups in total. The number of aryl methyl sites for hydroxylation is 1. The van der Waals surface area contributed by atoms with Gasteiger partial charge in [-0.05, 0) is 18.2 Å². The number of nitrogens with zero attached hydrogens (tertiary/aromatic N) is 5. The highest BCUT2D eigenvalue weighted by molar-refractivity contribution is 7.99. The van der Waals surface area contributed by atoms with Gasteiger partial charge in [0.15, 0.2) is 11.0 Å². The standard InChI is InChI=1S/C21H19FN6OS/c1-27-12-17(19(26-27)14-7-4-3-5-8-14)20-24-25-21(28(20)2)30-13-18(29)23-16-10-6-9-15(22)11-16/h3-12H,13H2,1-2H3,(H,23,29). The molecular weight excluding hydrogens is 403 g/mol. The number of halogens is 1. The number of benzene rings is 2. The third-order valence-electron chi connectivity index (χ3n) is 4.39. The fourth-order valence-corrected chi connectivity index (χ4v) is 3.74. The molecule has 0 saturated heterocycles. The summed E-state index contributed by atoms with van der Waals surface area (Å²) in [4.78, 5) is 12.2. The number of aromatic nitrogens is 5. The molecule has 7 nitrogen and oxygen atoms in total. The van der Waals surface area contributed by atoms with E-state index in [1.54, 1.807) is 16.8 Å². The van der Waals surface area contributed by atoms with Crippen LogP contribution in [0.1, 0.15) is 0 Å². The molecule has 0 aliphatic carbocycles. The van der Waals surface area contributed by atoms with Gasteiger partial charge in [0.05, 0.1) is 11.3 Å². The highest BCUT2D eigenvalue weighted by Crippen LogP contribution is 2.31. The monoisotopic (exact) mass is 422 g/mol. The zero-order chi connectivity index (χ0) is 21.1. The smallest absolute Gasteiger partial charge is 0.234 e. The predicted molar refractivity (Wildman–Crippen MR) is 114 cm³/mol. The van der Waals surface area contributed by atoms with Crippen LogP contribution in [0.15, 0.2) is 66.0 Å². The van der Waals surface area contributed by atoms with Crippen LogP contribution in [-0.2, 0) is 18.9 Å². The molecule has 0 fully saturated rings. The van der Waals surface area contributed by atoms with E-state index < -0.39 is 5.82 Å². The van der Waals surface area contributed by atoms with Crippen molar-refractivity contribution >= 4 is 23.4 Å². The first kappa shape index (κ1) is 19.8. The van der Waals surface area contributed by atoms with Gasteiger partial charge in [-0.2, -0.15) is 5.10 Å². The molecule has 0 saturated carbocycles. The first-order chi connectivity index (χ1) is 14.5. The maximum absolute atomic E-state index is 13.3. The molecule has 0 bridgehead atoms. The molecule has 0 aliphatic rings. The summed E-state index contributed by atoms with van der Waals surface area (Å²) in [6.07, 6.45) is 1.90. The van der Waals surface area contributed by atoms with E-state index in [2.05, 4.69) is 20.6 Å². The Kier molecular flexibility index (Phi) is 5.62. The number of rotatable bonds is 6. The lowest BCUT2D eigenvalue weighted by Gasteiger charge is -2.06. The van der Waals surface area contributed by atoms with Crippen LogP contribution in [-0.4, -0.2) is 36.2 Å². The van der Waals surface area contributed by atoms with Crippen LogP contribution >= 0.6 is 11.8 Å². The number of carbonyl (C=O) groups excluding carboxylic acids is 1. The van der Waals surface area contributed by atoms with Crippen LogP contribution in [0, 0.1) is 5.82 Å². The van der Waals surface area contributed by atoms with E-state index in [0.717, 1.165) is 16.8 Å². The maximum Gasteiger partial charge on any atom is 0.234 e. The fraction of sp³-hybridized carbons (Fsp3) is 0.143. The van der Waals surface area contributed by atoms with Crippen LogP contribution in [0.4, 0.5) is 10.1 Å². The van der Waals surface area contributed by atoms with E-state index in [1.165, 1.54) is 23.9 Å². The molecule has 2 heterocycles. The van der Waals surface area contributed by atoms with Crippen LogP contribution in [0.25, 0.3) is 22.6 Å². The first-order valence-electron chi connectivity index (χ1n) is 9.18. The molecule has 2 aromatic heterocycles. The lowest BCUT2D eigenvalue weighted by Crippen LogP contribution is -2.14. The number of hydrogen-bond acceptors (Lipinski definition) is 5. The third-order valence-corrected chi connectivity index (χ3v) is 5.41. The van der Waals surface area contributed by atoms with Crippen molar-refractivity contribution in [1.29, 1.82) is 0 Å². The summed E-state index contributed by atoms with van der Waals surface area (Å²) in [7, 11) is 3.71. The summed E-state index contributed by atoms with van der Waals surface area (Å²) in [5, 5.41) is 16.4. The first-order valence-corrected chi connectivity index (χ1v) is 10.2. The van der Waals surface area contributed by atoms with Gasteiger partial charge in [-0.1, -0.05) is 48.2 Å². The molecule has 2 aromatic carbocycles. The highest BCUT2D eigenvalue weighted by atomic mass is 32.2. The number of thioether (sulfide) groups is 1. The van der Waals surface area contributed by atoms with Crippen LogP contribution in [0.5, 0.6) is 0 Å². The number of hydrogen-bond donors (Lipinski definition) is 1. The average molecular weight is 422 g/mol. The van der Waals surface area contributed by atoms with E-state index >= 15 is 0 Å². The van der Waals surface area contributed by atoms with Crippen LogP contribution < -0.4 is 5.32 Å². The molecule has 4 rings (SSSR count). The minimum Gasteiger partial charge on any atom is -0.325 e. The van der Waals surface area contributed by atoms with Gasteiger partial charge in [0, 0.05) is 31.5 Å². The number of carbonyl (C=O) groups is 1. The topological polar surface area (TPSA) is 77.6 Å². The quantitative estimate of drug-likeness (QED) is 0.479. The summed E-state index contributed by atoms with van der Waals surface area (Å²) in [5.74, 6) is 0.140. The van der Waals surface area contributed by atoms with Gasteiger partial charge in [0.25, 0.3) is 0 Å². The van der Waals surface area contributed by atoms with Gasteiger partial charge in [0.1, 0.15) is 11.5 Å². The third kappa shape index (κ3) is 4.25. The minimum absolute atomic E-state index is 0.126. The Hall–Kier alpha value is -3.46. The summed E-state index contributed by atoms with van der Waals surface area (Å²) in [5.41, 5.74) is 3.07. The maximum atomic E-state index is 13.3. The second kappa shape index (κ2) is 8.50. The lowest BCUT2D eigenvalue weighted by atomic mass is 10.1. The molecule has 0 radical (unpaired) electrons. The Morgan fingerprint density at radius 3 is 2.67 bits per heavy atom. The minimum atomic E-state index is -0.399. The number of anilines is 1. The normalized spacial score (nSPS) is 10.9. The zero-order valence-corrected chi connectivity index (χ0v) is 17.2. The lowest BCUT2D eigenvalue weighted by molar-refractivity contribution is -0.113. The molecule has 30 heavy (non-hydrogen) atoms. The fourth-order valence-electron chi connectivity index (χ4n) is 3.03. The molecule has 0 spiro atoms. The molecule has 4 aromatic rings. The predicted octanol–water partition coefficient (Wildman–Crippen LogP) is 3.75. The van der Waals surface area contributed by atoms with Crippen molar-refractivity contribution in [3.8, 4) is 22.6 Å². The van der Waals surface area contributed by atoms with Crippen molar-refractivity contribution in [3.63, 3.8) is 0 Å². The summed E-state index contributed by atoms with van der Waals surface area (Å²) >= 11 is 1.26. The average Bonchev–Trinajstić information content (AvgIpc) is 3.29. The number of amides is 1. The molecule has 0 atom stereocenters. The number of nitrogens with one attached hydrogen (secondary N) is 1. The van der Waals surface area contributed by atoms with Crippen molar-refractivity contribution in [2.75, 3.05) is 11.1 Å². The second-order valence-corrected chi connectivity index (χ2v) is 7.59. The van der Waals surface area contributed by atoms with Gasteiger partial charge < -0.3 is 9.88 Å². The molecule has 152 valence electrons. The Balaban J connectivity index is 1.50. The molecule has 9 heteroatoms. The van der Waals surface area contributed by atoms with E-state index in [-0.39, 0.29) is 11.7 Å². The van der Waals surface area contributed by atoms with Crippen molar-refractivity contribution in [1.82, 2.24) is 24.5 Å².